The van der Waals surface area contributed by atoms with Crippen LogP contribution >= 0.6 is 11.8 Å². The van der Waals surface area contributed by atoms with E-state index in [9.17, 15) is 22.8 Å². The van der Waals surface area contributed by atoms with Gasteiger partial charge in [-0.3, -0.25) is 14.5 Å². The second kappa shape index (κ2) is 7.43. The van der Waals surface area contributed by atoms with Gasteiger partial charge in [-0.25, -0.2) is 4.98 Å². The van der Waals surface area contributed by atoms with Gasteiger partial charge in [0.15, 0.2) is 5.16 Å². The number of hydrogen-bond donors (Lipinski definition) is 2. The number of aromatic amines is 1. The van der Waals surface area contributed by atoms with Gasteiger partial charge in [0.2, 0.25) is 11.8 Å². The monoisotopic (exact) mass is 420 g/mol. The molecule has 1 unspecified atom stereocenters. The third-order valence-electron chi connectivity index (χ3n) is 4.47. The summed E-state index contributed by atoms with van der Waals surface area (Å²) < 4.78 is 41.1. The first-order chi connectivity index (χ1) is 13.8. The molecule has 150 valence electrons. The summed E-state index contributed by atoms with van der Waals surface area (Å²) >= 11 is 1.01. The molecule has 1 atom stereocenters. The Morgan fingerprint density at radius 2 is 1.90 bits per heavy atom. The van der Waals surface area contributed by atoms with E-state index in [4.69, 9.17) is 0 Å². The lowest BCUT2D eigenvalue weighted by atomic mass is 10.1. The highest BCUT2D eigenvalue weighted by Crippen LogP contribution is 2.38. The highest BCUT2D eigenvalue weighted by molar-refractivity contribution is 7.99. The summed E-state index contributed by atoms with van der Waals surface area (Å²) in [6.45, 7) is 0. The number of anilines is 2. The zero-order valence-corrected chi connectivity index (χ0v) is 15.7. The maximum Gasteiger partial charge on any atom is 0.409 e. The molecule has 0 bridgehead atoms. The number of carbonyl (C=O) groups is 2. The van der Waals surface area contributed by atoms with Crippen LogP contribution in [-0.2, 0) is 9.59 Å². The molecule has 1 aliphatic heterocycles. The van der Waals surface area contributed by atoms with Crippen molar-refractivity contribution in [3.8, 4) is 0 Å². The molecule has 2 aromatic carbocycles. The largest absolute Gasteiger partial charge is 0.409 e. The van der Waals surface area contributed by atoms with Crippen molar-refractivity contribution >= 4 is 46.0 Å². The second-order valence-electron chi connectivity index (χ2n) is 6.44. The fourth-order valence-corrected chi connectivity index (χ4v) is 3.94. The maximum absolute atomic E-state index is 13.7. The van der Waals surface area contributed by atoms with Crippen molar-refractivity contribution in [3.63, 3.8) is 0 Å². The second-order valence-corrected chi connectivity index (χ2v) is 7.40. The molecule has 0 radical (unpaired) electrons. The number of amides is 2. The molecule has 10 heteroatoms. The van der Waals surface area contributed by atoms with Crippen molar-refractivity contribution in [2.45, 2.75) is 23.8 Å². The van der Waals surface area contributed by atoms with E-state index in [0.29, 0.717) is 15.6 Å². The van der Waals surface area contributed by atoms with Crippen molar-refractivity contribution in [2.24, 2.45) is 0 Å². The lowest BCUT2D eigenvalue weighted by molar-refractivity contribution is -0.157. The van der Waals surface area contributed by atoms with E-state index >= 15 is 0 Å². The number of imidazole rings is 1. The lowest BCUT2D eigenvalue weighted by Gasteiger charge is -2.31. The molecule has 2 amide bonds. The average Bonchev–Trinajstić information content (AvgIpc) is 3.02. The summed E-state index contributed by atoms with van der Waals surface area (Å²) in [5.74, 6) is -1.82. The number of halogens is 3. The van der Waals surface area contributed by atoms with E-state index in [0.717, 1.165) is 17.3 Å². The minimum absolute atomic E-state index is 0.0240. The predicted octanol–water partition coefficient (Wildman–Crippen LogP) is 3.96. The van der Waals surface area contributed by atoms with Gasteiger partial charge in [0.25, 0.3) is 0 Å². The van der Waals surface area contributed by atoms with Gasteiger partial charge in [-0.05, 0) is 24.3 Å². The van der Waals surface area contributed by atoms with Gasteiger partial charge < -0.3 is 10.3 Å². The summed E-state index contributed by atoms with van der Waals surface area (Å²) in [7, 11) is 0. The first-order valence-electron chi connectivity index (χ1n) is 8.68. The number of para-hydroxylation sites is 4. The van der Waals surface area contributed by atoms with Crippen LogP contribution in [0.4, 0.5) is 24.5 Å². The Balaban J connectivity index is 1.63. The fraction of sp³-hybridized carbons (Fsp3) is 0.211. The predicted molar refractivity (Wildman–Crippen MR) is 104 cm³/mol. The zero-order chi connectivity index (χ0) is 20.6. The Labute approximate surface area is 167 Å². The van der Waals surface area contributed by atoms with Crippen molar-refractivity contribution in [3.05, 3.63) is 48.5 Å². The maximum atomic E-state index is 13.7. The normalized spacial score (nSPS) is 17.0. The first-order valence-corrected chi connectivity index (χ1v) is 9.66. The number of nitrogens with zero attached hydrogens (tertiary/aromatic N) is 2. The Kier molecular flexibility index (Phi) is 4.95. The van der Waals surface area contributed by atoms with E-state index in [2.05, 4.69) is 15.3 Å². The van der Waals surface area contributed by atoms with Gasteiger partial charge in [0.05, 0.1) is 34.6 Å². The van der Waals surface area contributed by atoms with Crippen LogP contribution in [0.1, 0.15) is 6.42 Å². The topological polar surface area (TPSA) is 78.1 Å². The molecule has 1 aromatic heterocycles. The summed E-state index contributed by atoms with van der Waals surface area (Å²) in [6.07, 6.45) is -5.62. The number of alkyl halides is 3. The van der Waals surface area contributed by atoms with Crippen molar-refractivity contribution < 1.29 is 22.8 Å². The smallest absolute Gasteiger partial charge is 0.333 e. The number of nitrogens with one attached hydrogen (secondary N) is 2. The molecular formula is C19H15F3N4O2S. The Bertz CT molecular complexity index is 1050. The molecule has 2 N–H and O–H groups in total. The molecule has 0 saturated heterocycles. The van der Waals surface area contributed by atoms with E-state index in [1.54, 1.807) is 12.1 Å². The number of benzene rings is 2. The molecule has 1 aliphatic rings. The van der Waals surface area contributed by atoms with Crippen molar-refractivity contribution in [1.29, 1.82) is 0 Å². The van der Waals surface area contributed by atoms with Gasteiger partial charge in [0.1, 0.15) is 6.04 Å². The lowest BCUT2D eigenvalue weighted by Crippen LogP contribution is -2.50. The third kappa shape index (κ3) is 3.93. The molecule has 2 heterocycles. The molecule has 0 saturated carbocycles. The van der Waals surface area contributed by atoms with Crippen LogP contribution < -0.4 is 10.2 Å². The number of hydrogen-bond acceptors (Lipinski definition) is 4. The van der Waals surface area contributed by atoms with E-state index in [1.165, 1.54) is 18.2 Å². The molecule has 29 heavy (non-hydrogen) atoms. The van der Waals surface area contributed by atoms with Gasteiger partial charge >= 0.3 is 6.18 Å². The molecule has 4 rings (SSSR count). The van der Waals surface area contributed by atoms with E-state index < -0.39 is 30.5 Å². The van der Waals surface area contributed by atoms with Crippen LogP contribution in [0.25, 0.3) is 11.0 Å². The Morgan fingerprint density at radius 3 is 2.66 bits per heavy atom. The molecular weight excluding hydrogens is 405 g/mol. The minimum Gasteiger partial charge on any atom is -0.333 e. The first kappa shape index (κ1) is 19.3. The number of aromatic nitrogens is 2. The summed E-state index contributed by atoms with van der Waals surface area (Å²) in [4.78, 5) is 32.9. The zero-order valence-electron chi connectivity index (χ0n) is 14.9. The SMILES string of the molecule is O=C1CC(C(F)(F)F)N(C(=O)CSc2nc3ccccc3[nH]2)c2ccccc2N1. The van der Waals surface area contributed by atoms with Gasteiger partial charge in [-0.1, -0.05) is 36.0 Å². The summed E-state index contributed by atoms with van der Waals surface area (Å²) in [6, 6.07) is 11.0. The average molecular weight is 420 g/mol. The number of carbonyl (C=O) groups excluding carboxylic acids is 2. The van der Waals surface area contributed by atoms with Crippen LogP contribution in [0.15, 0.2) is 53.7 Å². The van der Waals surface area contributed by atoms with Crippen molar-refractivity contribution in [2.75, 3.05) is 16.0 Å². The summed E-state index contributed by atoms with van der Waals surface area (Å²) in [5, 5.41) is 2.87. The molecule has 0 spiro atoms. The van der Waals surface area contributed by atoms with Crippen LogP contribution in [0, 0.1) is 0 Å². The Hall–Kier alpha value is -3.01. The van der Waals surface area contributed by atoms with Crippen LogP contribution in [0.5, 0.6) is 0 Å². The minimum atomic E-state index is -4.76. The van der Waals surface area contributed by atoms with Crippen LogP contribution in [0.2, 0.25) is 0 Å². The number of H-pyrrole nitrogens is 1. The highest BCUT2D eigenvalue weighted by Gasteiger charge is 2.48. The van der Waals surface area contributed by atoms with Gasteiger partial charge in [-0.15, -0.1) is 0 Å². The van der Waals surface area contributed by atoms with E-state index in [-0.39, 0.29) is 17.1 Å². The number of thioether (sulfide) groups is 1. The van der Waals surface area contributed by atoms with Gasteiger partial charge in [-0.2, -0.15) is 13.2 Å². The van der Waals surface area contributed by atoms with E-state index in [1.807, 2.05) is 18.2 Å². The third-order valence-corrected chi connectivity index (χ3v) is 5.33. The number of rotatable bonds is 3. The molecule has 6 nitrogen and oxygen atoms in total. The molecule has 0 fully saturated rings. The molecule has 0 aliphatic carbocycles. The summed E-state index contributed by atoms with van der Waals surface area (Å²) in [5.41, 5.74) is 1.67. The quantitative estimate of drug-likeness (QED) is 0.629. The van der Waals surface area contributed by atoms with Crippen LogP contribution in [0.3, 0.4) is 0 Å². The highest BCUT2D eigenvalue weighted by atomic mass is 32.2. The standard InChI is InChI=1S/C19H15F3N4O2S/c20-19(21,22)15-9-16(27)23-13-7-3-4-8-14(13)26(15)17(28)10-29-18-24-11-5-1-2-6-12(11)25-18/h1-8,15H,9-10H2,(H,23,27)(H,24,25). The Morgan fingerprint density at radius 1 is 1.17 bits per heavy atom. The molecule has 3 aromatic rings. The van der Waals surface area contributed by atoms with Crippen LogP contribution in [-0.4, -0.2) is 39.8 Å². The number of fused-ring (bicyclic) bond motifs is 2. The fourth-order valence-electron chi connectivity index (χ4n) is 3.19. The van der Waals surface area contributed by atoms with Gasteiger partial charge in [0, 0.05) is 0 Å². The van der Waals surface area contributed by atoms with Crippen molar-refractivity contribution in [1.82, 2.24) is 9.97 Å².